The van der Waals surface area contributed by atoms with Crippen LogP contribution in [0.25, 0.3) is 0 Å². The molecule has 2 aromatic rings. The number of halogens is 1. The van der Waals surface area contributed by atoms with E-state index in [1.807, 2.05) is 35.9 Å². The van der Waals surface area contributed by atoms with Crippen LogP contribution in [0.5, 0.6) is 5.75 Å². The Kier molecular flexibility index (Phi) is 4.53. The van der Waals surface area contributed by atoms with E-state index in [0.717, 1.165) is 23.3 Å². The molecule has 1 aromatic heterocycles. The van der Waals surface area contributed by atoms with Crippen LogP contribution in [0.15, 0.2) is 36.9 Å². The molecule has 1 aromatic carbocycles. The van der Waals surface area contributed by atoms with E-state index in [0.29, 0.717) is 6.42 Å². The Hall–Kier alpha value is -2.01. The molecule has 6 heteroatoms. The van der Waals surface area contributed by atoms with Crippen LogP contribution in [0.1, 0.15) is 36.6 Å². The van der Waals surface area contributed by atoms with E-state index in [-0.39, 0.29) is 24.6 Å². The molecule has 0 amide bonds. The number of hydrogen-bond acceptors (Lipinski definition) is 3. The second-order valence-corrected chi connectivity index (χ2v) is 5.02. The van der Waals surface area contributed by atoms with Gasteiger partial charge in [-0.15, -0.1) is 12.4 Å². The van der Waals surface area contributed by atoms with Gasteiger partial charge in [-0.05, 0) is 43.0 Å². The first kappa shape index (κ1) is 15.4. The lowest BCUT2D eigenvalue weighted by atomic mass is 10.0. The zero-order valence-electron chi connectivity index (χ0n) is 11.6. The topological polar surface area (TPSA) is 64.3 Å². The van der Waals surface area contributed by atoms with Gasteiger partial charge in [-0.3, -0.25) is 4.79 Å². The highest BCUT2D eigenvalue weighted by Gasteiger charge is 2.28. The number of hydrogen-bond donors (Lipinski definition) is 1. The highest BCUT2D eigenvalue weighted by atomic mass is 35.5. The summed E-state index contributed by atoms with van der Waals surface area (Å²) in [5.41, 5.74) is 1.99. The van der Waals surface area contributed by atoms with Gasteiger partial charge in [0.1, 0.15) is 5.75 Å². The molecule has 3 rings (SSSR count). The van der Waals surface area contributed by atoms with Crippen LogP contribution >= 0.6 is 12.4 Å². The number of imidazole rings is 1. The maximum atomic E-state index is 11.1. The first-order valence-electron chi connectivity index (χ1n) is 6.65. The van der Waals surface area contributed by atoms with E-state index >= 15 is 0 Å². The van der Waals surface area contributed by atoms with E-state index in [4.69, 9.17) is 9.84 Å². The van der Waals surface area contributed by atoms with Crippen molar-refractivity contribution < 1.29 is 14.6 Å². The van der Waals surface area contributed by atoms with Crippen molar-refractivity contribution in [3.63, 3.8) is 0 Å². The largest absolute Gasteiger partial charge is 0.481 e. The van der Waals surface area contributed by atoms with Gasteiger partial charge < -0.3 is 14.4 Å². The van der Waals surface area contributed by atoms with Crippen LogP contribution in [0.3, 0.4) is 0 Å². The Morgan fingerprint density at radius 2 is 2.33 bits per heavy atom. The first-order valence-corrected chi connectivity index (χ1v) is 6.65. The molecule has 21 heavy (non-hydrogen) atoms. The lowest BCUT2D eigenvalue weighted by Crippen LogP contribution is -2.10. The summed E-state index contributed by atoms with van der Waals surface area (Å²) in [6.07, 6.45) is 6.58. The van der Waals surface area contributed by atoms with Crippen molar-refractivity contribution in [3.8, 4) is 5.75 Å². The number of nitrogens with zero attached hydrogens (tertiary/aromatic N) is 2. The van der Waals surface area contributed by atoms with Crippen molar-refractivity contribution in [2.75, 3.05) is 0 Å². The Morgan fingerprint density at radius 1 is 1.52 bits per heavy atom. The van der Waals surface area contributed by atoms with Gasteiger partial charge >= 0.3 is 5.97 Å². The molecule has 0 bridgehead atoms. The molecule has 1 N–H and O–H groups in total. The summed E-state index contributed by atoms with van der Waals surface area (Å²) in [6, 6.07) is 5.66. The van der Waals surface area contributed by atoms with Crippen molar-refractivity contribution in [3.05, 3.63) is 48.0 Å². The highest BCUT2D eigenvalue weighted by molar-refractivity contribution is 5.85. The third-order valence-electron chi connectivity index (χ3n) is 3.74. The minimum atomic E-state index is -0.746. The summed E-state index contributed by atoms with van der Waals surface area (Å²) in [4.78, 5) is 15.1. The number of aromatic nitrogens is 2. The third-order valence-corrected chi connectivity index (χ3v) is 3.74. The molecule has 2 unspecified atom stereocenters. The number of fused-ring (bicyclic) bond motifs is 1. The van der Waals surface area contributed by atoms with Crippen LogP contribution in [0.2, 0.25) is 0 Å². The third kappa shape index (κ3) is 3.03. The minimum absolute atomic E-state index is 0. The molecular weight excluding hydrogens is 292 g/mol. The van der Waals surface area contributed by atoms with Gasteiger partial charge in [0.25, 0.3) is 0 Å². The fraction of sp³-hybridized carbons (Fsp3) is 0.333. The highest BCUT2D eigenvalue weighted by Crippen LogP contribution is 2.35. The Bertz CT molecular complexity index is 628. The van der Waals surface area contributed by atoms with Crippen molar-refractivity contribution in [1.29, 1.82) is 0 Å². The van der Waals surface area contributed by atoms with Crippen molar-refractivity contribution >= 4 is 18.4 Å². The molecule has 1 aliphatic carbocycles. The Balaban J connectivity index is 0.00000161. The van der Waals surface area contributed by atoms with E-state index in [2.05, 4.69) is 4.98 Å². The smallest absolute Gasteiger partial charge is 0.310 e. The SMILES string of the molecule is CC(Oc1ccc2c(c1)CCC2C(=O)O)n1ccnc1.Cl. The summed E-state index contributed by atoms with van der Waals surface area (Å²) in [7, 11) is 0. The summed E-state index contributed by atoms with van der Waals surface area (Å²) in [5, 5.41) is 9.16. The van der Waals surface area contributed by atoms with Gasteiger partial charge in [0.2, 0.25) is 0 Å². The molecule has 0 saturated heterocycles. The molecule has 112 valence electrons. The number of carboxylic acid groups (broad SMARTS) is 1. The average molecular weight is 309 g/mol. The number of ether oxygens (including phenoxy) is 1. The van der Waals surface area contributed by atoms with Gasteiger partial charge in [0.15, 0.2) is 6.23 Å². The van der Waals surface area contributed by atoms with E-state index in [1.54, 1.807) is 12.5 Å². The van der Waals surface area contributed by atoms with E-state index < -0.39 is 5.97 Å². The molecular formula is C15H17ClN2O3. The second-order valence-electron chi connectivity index (χ2n) is 5.02. The minimum Gasteiger partial charge on any atom is -0.481 e. The van der Waals surface area contributed by atoms with Crippen LogP contribution < -0.4 is 4.74 Å². The maximum Gasteiger partial charge on any atom is 0.310 e. The molecule has 1 aliphatic rings. The monoisotopic (exact) mass is 308 g/mol. The molecule has 0 aliphatic heterocycles. The van der Waals surface area contributed by atoms with Crippen LogP contribution in [0.4, 0.5) is 0 Å². The summed E-state index contributed by atoms with van der Waals surface area (Å²) >= 11 is 0. The normalized spacial score (nSPS) is 17.7. The Labute approximate surface area is 129 Å². The number of carbonyl (C=O) groups is 1. The zero-order chi connectivity index (χ0) is 14.1. The number of benzene rings is 1. The number of aryl methyl sites for hydroxylation is 1. The lowest BCUT2D eigenvalue weighted by Gasteiger charge is -2.16. The molecule has 2 atom stereocenters. The van der Waals surface area contributed by atoms with Gasteiger partial charge in [-0.2, -0.15) is 0 Å². The number of rotatable bonds is 4. The fourth-order valence-corrected chi connectivity index (χ4v) is 2.67. The molecule has 0 saturated carbocycles. The predicted octanol–water partition coefficient (Wildman–Crippen LogP) is 3.02. The molecule has 1 heterocycles. The van der Waals surface area contributed by atoms with Gasteiger partial charge in [0.05, 0.1) is 12.2 Å². The van der Waals surface area contributed by atoms with Crippen LogP contribution in [-0.4, -0.2) is 20.6 Å². The summed E-state index contributed by atoms with van der Waals surface area (Å²) in [5.74, 6) is -0.356. The zero-order valence-corrected chi connectivity index (χ0v) is 12.4. The molecule has 0 fully saturated rings. The van der Waals surface area contributed by atoms with Crippen LogP contribution in [0, 0.1) is 0 Å². The molecule has 5 nitrogen and oxygen atoms in total. The average Bonchev–Trinajstić information content (AvgIpc) is 3.07. The summed E-state index contributed by atoms with van der Waals surface area (Å²) in [6.45, 7) is 1.94. The van der Waals surface area contributed by atoms with Gasteiger partial charge in [-0.25, -0.2) is 4.98 Å². The maximum absolute atomic E-state index is 11.1. The fourth-order valence-electron chi connectivity index (χ4n) is 2.67. The number of carboxylic acids is 1. The quantitative estimate of drug-likeness (QED) is 0.943. The van der Waals surface area contributed by atoms with Crippen molar-refractivity contribution in [2.45, 2.75) is 31.9 Å². The van der Waals surface area contributed by atoms with E-state index in [1.165, 1.54) is 0 Å². The summed E-state index contributed by atoms with van der Waals surface area (Å²) < 4.78 is 7.72. The van der Waals surface area contributed by atoms with Gasteiger partial charge in [0, 0.05) is 12.4 Å². The van der Waals surface area contributed by atoms with Gasteiger partial charge in [-0.1, -0.05) is 6.07 Å². The van der Waals surface area contributed by atoms with Crippen molar-refractivity contribution in [2.24, 2.45) is 0 Å². The first-order chi connectivity index (χ1) is 9.65. The van der Waals surface area contributed by atoms with Crippen molar-refractivity contribution in [1.82, 2.24) is 9.55 Å². The number of aliphatic carboxylic acids is 1. The Morgan fingerprint density at radius 3 is 3.00 bits per heavy atom. The predicted molar refractivity (Wildman–Crippen MR) is 80.0 cm³/mol. The van der Waals surface area contributed by atoms with Crippen LogP contribution in [-0.2, 0) is 11.2 Å². The second kappa shape index (κ2) is 6.18. The molecule has 0 spiro atoms. The molecule has 0 radical (unpaired) electrons. The lowest BCUT2D eigenvalue weighted by molar-refractivity contribution is -0.138. The van der Waals surface area contributed by atoms with E-state index in [9.17, 15) is 4.79 Å². The standard InChI is InChI=1S/C15H16N2O3.ClH/c1-10(17-7-6-16-9-17)20-12-3-5-13-11(8-12)2-4-14(13)15(18)19;/h3,5-10,14H,2,4H2,1H3,(H,18,19);1H.